The zero-order valence-corrected chi connectivity index (χ0v) is 10.5. The summed E-state index contributed by atoms with van der Waals surface area (Å²) in [7, 11) is 0. The van der Waals surface area contributed by atoms with Gasteiger partial charge in [-0.2, -0.15) is 0 Å². The number of phenols is 1. The van der Waals surface area contributed by atoms with Gasteiger partial charge in [0.1, 0.15) is 5.75 Å². The minimum atomic E-state index is 0.161. The van der Waals surface area contributed by atoms with E-state index < -0.39 is 0 Å². The van der Waals surface area contributed by atoms with Crippen molar-refractivity contribution in [3.8, 4) is 5.75 Å². The zero-order chi connectivity index (χ0) is 12.3. The maximum atomic E-state index is 9.73. The maximum Gasteiger partial charge on any atom is 0.138 e. The fourth-order valence-electron chi connectivity index (χ4n) is 2.09. The number of nitrogens with one attached hydrogen (secondary N) is 1. The molecule has 0 amide bonds. The van der Waals surface area contributed by atoms with Gasteiger partial charge in [-0.05, 0) is 30.7 Å². The molecule has 3 N–H and O–H groups in total. The molecule has 0 atom stereocenters. The molecule has 1 saturated carbocycles. The van der Waals surface area contributed by atoms with Gasteiger partial charge in [0.25, 0.3) is 0 Å². The fourth-order valence-corrected chi connectivity index (χ4v) is 2.29. The van der Waals surface area contributed by atoms with E-state index in [0.717, 1.165) is 18.5 Å². The van der Waals surface area contributed by atoms with Gasteiger partial charge in [-0.1, -0.05) is 23.7 Å². The van der Waals surface area contributed by atoms with Crippen molar-refractivity contribution in [2.75, 3.05) is 13.2 Å². The second-order valence-electron chi connectivity index (χ2n) is 4.82. The van der Waals surface area contributed by atoms with Crippen LogP contribution in [0.1, 0.15) is 24.8 Å². The first-order valence-corrected chi connectivity index (χ1v) is 6.33. The molecule has 94 valence electrons. The molecule has 1 aromatic carbocycles. The van der Waals surface area contributed by atoms with Crippen LogP contribution in [0.3, 0.4) is 0 Å². The number of halogens is 1. The van der Waals surface area contributed by atoms with Crippen LogP contribution in [0.15, 0.2) is 18.2 Å². The van der Waals surface area contributed by atoms with Crippen molar-refractivity contribution in [1.29, 1.82) is 0 Å². The van der Waals surface area contributed by atoms with Gasteiger partial charge in [0.05, 0.1) is 5.02 Å². The van der Waals surface area contributed by atoms with Gasteiger partial charge in [0, 0.05) is 25.3 Å². The molecule has 1 aromatic rings. The van der Waals surface area contributed by atoms with Crippen LogP contribution < -0.4 is 5.32 Å². The van der Waals surface area contributed by atoms with E-state index in [1.54, 1.807) is 6.07 Å². The van der Waals surface area contributed by atoms with Gasteiger partial charge >= 0.3 is 0 Å². The first-order valence-electron chi connectivity index (χ1n) is 5.95. The van der Waals surface area contributed by atoms with E-state index in [1.807, 2.05) is 12.1 Å². The SMILES string of the molecule is OCCC1(CNCc2cccc(Cl)c2O)CC1. The number of benzene rings is 1. The molecule has 3 nitrogen and oxygen atoms in total. The van der Waals surface area contributed by atoms with Gasteiger partial charge in [-0.25, -0.2) is 0 Å². The van der Waals surface area contributed by atoms with Crippen LogP contribution in [-0.2, 0) is 6.54 Å². The molecular formula is C13H18ClNO2. The average molecular weight is 256 g/mol. The predicted octanol–water partition coefficient (Wildman–Crippen LogP) is 2.30. The molecule has 2 rings (SSSR count). The Bertz CT molecular complexity index is 391. The van der Waals surface area contributed by atoms with Gasteiger partial charge in [0.15, 0.2) is 0 Å². The second kappa shape index (κ2) is 5.25. The highest BCUT2D eigenvalue weighted by atomic mass is 35.5. The van der Waals surface area contributed by atoms with Crippen molar-refractivity contribution < 1.29 is 10.2 Å². The van der Waals surface area contributed by atoms with E-state index in [1.165, 1.54) is 12.8 Å². The summed E-state index contributed by atoms with van der Waals surface area (Å²) >= 11 is 5.83. The number of hydrogen-bond acceptors (Lipinski definition) is 3. The molecule has 0 unspecified atom stereocenters. The third-order valence-corrected chi connectivity index (χ3v) is 3.79. The van der Waals surface area contributed by atoms with E-state index >= 15 is 0 Å². The van der Waals surface area contributed by atoms with Crippen molar-refractivity contribution in [3.63, 3.8) is 0 Å². The maximum absolute atomic E-state index is 9.73. The highest BCUT2D eigenvalue weighted by Gasteiger charge is 2.41. The van der Waals surface area contributed by atoms with E-state index in [4.69, 9.17) is 16.7 Å². The van der Waals surface area contributed by atoms with Crippen LogP contribution in [0.2, 0.25) is 5.02 Å². The van der Waals surface area contributed by atoms with Gasteiger partial charge in [0.2, 0.25) is 0 Å². The van der Waals surface area contributed by atoms with Crippen molar-refractivity contribution in [2.45, 2.75) is 25.8 Å². The Hall–Kier alpha value is -0.770. The molecule has 0 aromatic heterocycles. The summed E-state index contributed by atoms with van der Waals surface area (Å²) in [6.45, 7) is 1.75. The number of aromatic hydroxyl groups is 1. The summed E-state index contributed by atoms with van der Waals surface area (Å²) in [5, 5.41) is 22.4. The Kier molecular flexibility index (Phi) is 3.92. The zero-order valence-electron chi connectivity index (χ0n) is 9.75. The van der Waals surface area contributed by atoms with Gasteiger partial charge in [-0.3, -0.25) is 0 Å². The molecule has 0 aliphatic heterocycles. The molecule has 0 heterocycles. The fraction of sp³-hybridized carbons (Fsp3) is 0.538. The number of para-hydroxylation sites is 1. The Labute approximate surface area is 106 Å². The number of rotatable bonds is 6. The summed E-state index contributed by atoms with van der Waals surface area (Å²) in [5.41, 5.74) is 1.11. The molecular weight excluding hydrogens is 238 g/mol. The van der Waals surface area contributed by atoms with Crippen molar-refractivity contribution in [1.82, 2.24) is 5.32 Å². The van der Waals surface area contributed by atoms with Crippen LogP contribution in [0.25, 0.3) is 0 Å². The van der Waals surface area contributed by atoms with Crippen LogP contribution in [0.4, 0.5) is 0 Å². The molecule has 1 fully saturated rings. The van der Waals surface area contributed by atoms with Gasteiger partial charge in [-0.15, -0.1) is 0 Å². The lowest BCUT2D eigenvalue weighted by molar-refractivity contribution is 0.245. The lowest BCUT2D eigenvalue weighted by Gasteiger charge is -2.15. The molecule has 0 saturated heterocycles. The summed E-state index contributed by atoms with van der Waals surface area (Å²) in [5.74, 6) is 0.161. The molecule has 0 bridgehead atoms. The summed E-state index contributed by atoms with van der Waals surface area (Å²) in [6.07, 6.45) is 3.23. The second-order valence-corrected chi connectivity index (χ2v) is 5.23. The largest absolute Gasteiger partial charge is 0.506 e. The minimum absolute atomic E-state index is 0.161. The van der Waals surface area contributed by atoms with Crippen molar-refractivity contribution >= 4 is 11.6 Å². The van der Waals surface area contributed by atoms with Crippen LogP contribution >= 0.6 is 11.6 Å². The Morgan fingerprint density at radius 3 is 2.76 bits per heavy atom. The lowest BCUT2D eigenvalue weighted by Crippen LogP contribution is -2.24. The predicted molar refractivity (Wildman–Crippen MR) is 68.2 cm³/mol. The minimum Gasteiger partial charge on any atom is -0.506 e. The number of phenolic OH excluding ortho intramolecular Hbond substituents is 1. The average Bonchev–Trinajstić information content (AvgIpc) is 3.05. The van der Waals surface area contributed by atoms with Crippen molar-refractivity contribution in [3.05, 3.63) is 28.8 Å². The molecule has 0 radical (unpaired) electrons. The highest BCUT2D eigenvalue weighted by Crippen LogP contribution is 2.47. The summed E-state index contributed by atoms with van der Waals surface area (Å²) < 4.78 is 0. The number of hydrogen-bond donors (Lipinski definition) is 3. The lowest BCUT2D eigenvalue weighted by atomic mass is 10.0. The summed E-state index contributed by atoms with van der Waals surface area (Å²) in [4.78, 5) is 0. The van der Waals surface area contributed by atoms with E-state index in [0.29, 0.717) is 17.0 Å². The molecule has 1 aliphatic rings. The van der Waals surface area contributed by atoms with Crippen molar-refractivity contribution in [2.24, 2.45) is 5.41 Å². The summed E-state index contributed by atoms with van der Waals surface area (Å²) in [6, 6.07) is 5.37. The van der Waals surface area contributed by atoms with E-state index in [9.17, 15) is 5.11 Å². The van der Waals surface area contributed by atoms with Crippen LogP contribution in [-0.4, -0.2) is 23.4 Å². The number of aliphatic hydroxyl groups is 1. The third-order valence-electron chi connectivity index (χ3n) is 3.49. The number of aliphatic hydroxyl groups excluding tert-OH is 1. The normalized spacial score (nSPS) is 17.1. The molecule has 17 heavy (non-hydrogen) atoms. The standard InChI is InChI=1S/C13H18ClNO2/c14-11-3-1-2-10(12(11)17)8-15-9-13(4-5-13)6-7-16/h1-3,15-17H,4-9H2. The van der Waals surface area contributed by atoms with Gasteiger partial charge < -0.3 is 15.5 Å². The Balaban J connectivity index is 1.84. The first kappa shape index (κ1) is 12.7. The van der Waals surface area contributed by atoms with Crippen LogP contribution in [0, 0.1) is 5.41 Å². The first-order chi connectivity index (χ1) is 8.17. The highest BCUT2D eigenvalue weighted by molar-refractivity contribution is 6.32. The monoisotopic (exact) mass is 255 g/mol. The third kappa shape index (κ3) is 3.12. The quantitative estimate of drug-likeness (QED) is 0.731. The molecule has 0 spiro atoms. The van der Waals surface area contributed by atoms with E-state index in [2.05, 4.69) is 5.32 Å². The molecule has 1 aliphatic carbocycles. The smallest absolute Gasteiger partial charge is 0.138 e. The Morgan fingerprint density at radius 2 is 2.12 bits per heavy atom. The topological polar surface area (TPSA) is 52.5 Å². The Morgan fingerprint density at radius 1 is 1.35 bits per heavy atom. The molecule has 4 heteroatoms. The van der Waals surface area contributed by atoms with E-state index in [-0.39, 0.29) is 12.4 Å². The van der Waals surface area contributed by atoms with Crippen LogP contribution in [0.5, 0.6) is 5.75 Å².